The summed E-state index contributed by atoms with van der Waals surface area (Å²) in [5.41, 5.74) is 0.653. The lowest BCUT2D eigenvalue weighted by molar-refractivity contribution is 0.0255. The zero-order valence-corrected chi connectivity index (χ0v) is 9.44. The first kappa shape index (κ1) is 10.9. The monoisotopic (exact) mass is 227 g/mol. The van der Waals surface area contributed by atoms with Gasteiger partial charge in [-0.05, 0) is 18.4 Å². The molecule has 0 aromatic heterocycles. The molecule has 1 saturated heterocycles. The van der Waals surface area contributed by atoms with E-state index in [-0.39, 0.29) is 11.9 Å². The Kier molecular flexibility index (Phi) is 3.61. The highest BCUT2D eigenvalue weighted by molar-refractivity contribution is 7.98. The lowest BCUT2D eigenvalue weighted by Gasteiger charge is -2.24. The van der Waals surface area contributed by atoms with Crippen LogP contribution in [0.4, 0.5) is 4.39 Å². The van der Waals surface area contributed by atoms with Crippen molar-refractivity contribution in [3.63, 3.8) is 0 Å². The van der Waals surface area contributed by atoms with Crippen LogP contribution in [-0.2, 0) is 4.74 Å². The van der Waals surface area contributed by atoms with Crippen LogP contribution in [0.3, 0.4) is 0 Å². The third-order valence-electron chi connectivity index (χ3n) is 2.48. The predicted molar refractivity (Wildman–Crippen MR) is 59.7 cm³/mol. The minimum atomic E-state index is -0.171. The number of hydrogen-bond acceptors (Lipinski definition) is 3. The molecule has 1 unspecified atom stereocenters. The van der Waals surface area contributed by atoms with E-state index in [1.807, 2.05) is 18.4 Å². The van der Waals surface area contributed by atoms with Gasteiger partial charge in [-0.2, -0.15) is 0 Å². The molecule has 0 spiro atoms. The van der Waals surface area contributed by atoms with Gasteiger partial charge in [-0.3, -0.25) is 0 Å². The van der Waals surface area contributed by atoms with Crippen molar-refractivity contribution in [2.24, 2.45) is 0 Å². The fourth-order valence-corrected chi connectivity index (χ4v) is 2.09. The maximum Gasteiger partial charge on any atom is 0.130 e. The Hall–Kier alpha value is -0.580. The van der Waals surface area contributed by atoms with Gasteiger partial charge in [-0.1, -0.05) is 6.07 Å². The SMILES string of the molecule is CSc1ccc(C2CNCCO2)c(F)c1. The Balaban J connectivity index is 2.19. The number of halogens is 1. The highest BCUT2D eigenvalue weighted by Crippen LogP contribution is 2.25. The molecule has 1 N–H and O–H groups in total. The molecule has 2 nitrogen and oxygen atoms in total. The second-order valence-corrected chi connectivity index (χ2v) is 4.33. The van der Waals surface area contributed by atoms with E-state index in [4.69, 9.17) is 4.74 Å². The highest BCUT2D eigenvalue weighted by Gasteiger charge is 2.19. The average Bonchev–Trinajstić information content (AvgIpc) is 2.30. The number of nitrogens with one attached hydrogen (secondary N) is 1. The standard InChI is InChI=1S/C11H14FNOS/c1-15-8-2-3-9(10(12)6-8)11-7-13-4-5-14-11/h2-3,6,11,13H,4-5,7H2,1H3. The molecule has 1 aliphatic heterocycles. The number of ether oxygens (including phenoxy) is 1. The van der Waals surface area contributed by atoms with E-state index in [1.54, 1.807) is 17.8 Å². The molecule has 1 fully saturated rings. The second-order valence-electron chi connectivity index (χ2n) is 3.45. The van der Waals surface area contributed by atoms with Gasteiger partial charge >= 0.3 is 0 Å². The molecule has 0 amide bonds. The zero-order valence-electron chi connectivity index (χ0n) is 8.63. The largest absolute Gasteiger partial charge is 0.371 e. The van der Waals surface area contributed by atoms with Crippen LogP contribution in [0.25, 0.3) is 0 Å². The van der Waals surface area contributed by atoms with Gasteiger partial charge in [0.15, 0.2) is 0 Å². The minimum absolute atomic E-state index is 0.144. The Bertz CT molecular complexity index is 339. The molecule has 1 aliphatic rings. The van der Waals surface area contributed by atoms with Gasteiger partial charge in [-0.15, -0.1) is 11.8 Å². The molecular weight excluding hydrogens is 213 g/mol. The number of hydrogen-bond donors (Lipinski definition) is 1. The summed E-state index contributed by atoms with van der Waals surface area (Å²) in [7, 11) is 0. The number of rotatable bonds is 2. The van der Waals surface area contributed by atoms with Crippen molar-refractivity contribution < 1.29 is 9.13 Å². The zero-order chi connectivity index (χ0) is 10.7. The summed E-state index contributed by atoms with van der Waals surface area (Å²) >= 11 is 1.54. The lowest BCUT2D eigenvalue weighted by atomic mass is 10.1. The molecule has 1 heterocycles. The van der Waals surface area contributed by atoms with Gasteiger partial charge in [0.05, 0.1) is 12.7 Å². The minimum Gasteiger partial charge on any atom is -0.371 e. The first-order chi connectivity index (χ1) is 7.31. The fourth-order valence-electron chi connectivity index (χ4n) is 1.66. The molecule has 82 valence electrons. The van der Waals surface area contributed by atoms with E-state index in [1.165, 1.54) is 0 Å². The van der Waals surface area contributed by atoms with Crippen molar-refractivity contribution >= 4 is 11.8 Å². The van der Waals surface area contributed by atoms with Crippen LogP contribution in [0.5, 0.6) is 0 Å². The average molecular weight is 227 g/mol. The Morgan fingerprint density at radius 2 is 2.40 bits per heavy atom. The van der Waals surface area contributed by atoms with Crippen LogP contribution < -0.4 is 5.32 Å². The molecular formula is C11H14FNOS. The van der Waals surface area contributed by atoms with Crippen LogP contribution in [-0.4, -0.2) is 26.0 Å². The molecule has 0 aliphatic carbocycles. The summed E-state index contributed by atoms with van der Waals surface area (Å²) < 4.78 is 19.2. The molecule has 1 aromatic rings. The summed E-state index contributed by atoms with van der Waals surface area (Å²) in [6.07, 6.45) is 1.79. The van der Waals surface area contributed by atoms with Crippen LogP contribution in [0.1, 0.15) is 11.7 Å². The molecule has 0 radical (unpaired) electrons. The second kappa shape index (κ2) is 4.96. The molecule has 15 heavy (non-hydrogen) atoms. The number of thioether (sulfide) groups is 1. The van der Waals surface area contributed by atoms with E-state index in [2.05, 4.69) is 5.32 Å². The van der Waals surface area contributed by atoms with Gasteiger partial charge in [0.1, 0.15) is 5.82 Å². The smallest absolute Gasteiger partial charge is 0.130 e. The van der Waals surface area contributed by atoms with E-state index < -0.39 is 0 Å². The third kappa shape index (κ3) is 2.51. The Morgan fingerprint density at radius 1 is 1.53 bits per heavy atom. The molecule has 0 saturated carbocycles. The van der Waals surface area contributed by atoms with Crippen LogP contribution >= 0.6 is 11.8 Å². The van der Waals surface area contributed by atoms with Gasteiger partial charge < -0.3 is 10.1 Å². The van der Waals surface area contributed by atoms with Gasteiger partial charge in [0.2, 0.25) is 0 Å². The van der Waals surface area contributed by atoms with E-state index in [0.29, 0.717) is 18.7 Å². The van der Waals surface area contributed by atoms with Crippen LogP contribution in [0.15, 0.2) is 23.1 Å². The van der Waals surface area contributed by atoms with Crippen molar-refractivity contribution in [3.8, 4) is 0 Å². The van der Waals surface area contributed by atoms with Gasteiger partial charge in [-0.25, -0.2) is 4.39 Å². The van der Waals surface area contributed by atoms with Crippen LogP contribution in [0.2, 0.25) is 0 Å². The quantitative estimate of drug-likeness (QED) is 0.783. The van der Waals surface area contributed by atoms with E-state index in [0.717, 1.165) is 11.4 Å². The van der Waals surface area contributed by atoms with Gasteiger partial charge in [0, 0.05) is 23.5 Å². The van der Waals surface area contributed by atoms with E-state index in [9.17, 15) is 4.39 Å². The lowest BCUT2D eigenvalue weighted by Crippen LogP contribution is -2.33. The molecule has 1 aromatic carbocycles. The molecule has 1 atom stereocenters. The fraction of sp³-hybridized carbons (Fsp3) is 0.455. The maximum atomic E-state index is 13.7. The maximum absolute atomic E-state index is 13.7. The summed E-state index contributed by atoms with van der Waals surface area (Å²) in [6, 6.07) is 5.32. The van der Waals surface area contributed by atoms with Crippen molar-refractivity contribution in [2.45, 2.75) is 11.0 Å². The predicted octanol–water partition coefficient (Wildman–Crippen LogP) is 2.21. The van der Waals surface area contributed by atoms with Crippen molar-refractivity contribution in [3.05, 3.63) is 29.6 Å². The normalized spacial score (nSPS) is 21.6. The van der Waals surface area contributed by atoms with Gasteiger partial charge in [0.25, 0.3) is 0 Å². The summed E-state index contributed by atoms with van der Waals surface area (Å²) in [5.74, 6) is -0.171. The summed E-state index contributed by atoms with van der Waals surface area (Å²) in [6.45, 7) is 2.19. The number of morpholine rings is 1. The summed E-state index contributed by atoms with van der Waals surface area (Å²) in [5, 5.41) is 3.19. The van der Waals surface area contributed by atoms with Crippen molar-refractivity contribution in [1.82, 2.24) is 5.32 Å². The van der Waals surface area contributed by atoms with Crippen LogP contribution in [0, 0.1) is 5.82 Å². The molecule has 4 heteroatoms. The van der Waals surface area contributed by atoms with E-state index >= 15 is 0 Å². The number of benzene rings is 1. The highest BCUT2D eigenvalue weighted by atomic mass is 32.2. The third-order valence-corrected chi connectivity index (χ3v) is 3.21. The summed E-state index contributed by atoms with van der Waals surface area (Å²) in [4.78, 5) is 0.944. The first-order valence-electron chi connectivity index (χ1n) is 4.97. The first-order valence-corrected chi connectivity index (χ1v) is 6.19. The van der Waals surface area contributed by atoms with Crippen molar-refractivity contribution in [2.75, 3.05) is 26.0 Å². The Morgan fingerprint density at radius 3 is 3.00 bits per heavy atom. The molecule has 0 bridgehead atoms. The van der Waals surface area contributed by atoms with Crippen molar-refractivity contribution in [1.29, 1.82) is 0 Å². The Labute approximate surface area is 93.2 Å². The molecule has 2 rings (SSSR count). The topological polar surface area (TPSA) is 21.3 Å².